The molecule has 0 amide bonds. The molecule has 0 unspecified atom stereocenters. The first-order valence-electron chi connectivity index (χ1n) is 8.70. The molecule has 5 rings (SSSR count). The number of hydrogen-bond donors (Lipinski definition) is 0. The van der Waals surface area contributed by atoms with Gasteiger partial charge in [-0.15, -0.1) is 0 Å². The Bertz CT molecular complexity index is 1220. The lowest BCUT2D eigenvalue weighted by molar-refractivity contribution is 1.17. The van der Waals surface area contributed by atoms with Gasteiger partial charge in [0.2, 0.25) is 0 Å². The van der Waals surface area contributed by atoms with E-state index in [9.17, 15) is 0 Å². The van der Waals surface area contributed by atoms with Gasteiger partial charge in [0, 0.05) is 17.3 Å². The minimum absolute atomic E-state index is 0.888. The van der Waals surface area contributed by atoms with E-state index >= 15 is 0 Å². The van der Waals surface area contributed by atoms with Gasteiger partial charge >= 0.3 is 0 Å². The van der Waals surface area contributed by atoms with Gasteiger partial charge in [-0.25, -0.2) is 9.97 Å². The summed E-state index contributed by atoms with van der Waals surface area (Å²) in [5.74, 6) is 0. The molecule has 3 heterocycles. The highest BCUT2D eigenvalue weighted by Gasteiger charge is 2.14. The van der Waals surface area contributed by atoms with Gasteiger partial charge in [0.05, 0.1) is 5.69 Å². The molecule has 0 saturated carbocycles. The van der Waals surface area contributed by atoms with E-state index in [1.54, 1.807) is 0 Å². The molecule has 5 aromatic rings. The molecular weight excluding hydrogens is 318 g/mol. The average molecular weight is 335 g/mol. The molecule has 0 saturated heterocycles. The van der Waals surface area contributed by atoms with E-state index in [0.29, 0.717) is 0 Å². The normalized spacial score (nSPS) is 11.3. The van der Waals surface area contributed by atoms with Gasteiger partial charge < -0.3 is 0 Å². The van der Waals surface area contributed by atoms with Crippen molar-refractivity contribution in [3.8, 4) is 22.4 Å². The van der Waals surface area contributed by atoms with Crippen molar-refractivity contribution in [2.24, 2.45) is 0 Å². The zero-order chi connectivity index (χ0) is 17.5. The molecule has 0 aliphatic carbocycles. The number of rotatable bonds is 2. The van der Waals surface area contributed by atoms with Crippen LogP contribution in [0.1, 0.15) is 5.56 Å². The van der Waals surface area contributed by atoms with Crippen molar-refractivity contribution in [3.05, 3.63) is 90.6 Å². The minimum Gasteiger partial charge on any atom is -0.284 e. The Morgan fingerprint density at radius 2 is 1.42 bits per heavy atom. The molecule has 0 bridgehead atoms. The molecule has 2 aromatic carbocycles. The number of nitrogens with zero attached hydrogens (tertiary/aromatic N) is 3. The van der Waals surface area contributed by atoms with Crippen LogP contribution in [0, 0.1) is 6.92 Å². The van der Waals surface area contributed by atoms with Crippen LogP contribution in [-0.2, 0) is 0 Å². The van der Waals surface area contributed by atoms with Gasteiger partial charge in [0.15, 0.2) is 5.65 Å². The first-order valence-corrected chi connectivity index (χ1v) is 8.70. The summed E-state index contributed by atoms with van der Waals surface area (Å²) in [6, 6.07) is 27.1. The van der Waals surface area contributed by atoms with Crippen molar-refractivity contribution in [1.82, 2.24) is 14.4 Å². The fourth-order valence-corrected chi connectivity index (χ4v) is 3.38. The van der Waals surface area contributed by atoms with Gasteiger partial charge in [-0.3, -0.25) is 4.40 Å². The number of pyridine rings is 2. The highest BCUT2D eigenvalue weighted by Crippen LogP contribution is 2.33. The summed E-state index contributed by atoms with van der Waals surface area (Å²) in [7, 11) is 0. The van der Waals surface area contributed by atoms with E-state index in [2.05, 4.69) is 65.9 Å². The van der Waals surface area contributed by atoms with Crippen molar-refractivity contribution in [1.29, 1.82) is 0 Å². The Morgan fingerprint density at radius 3 is 2.15 bits per heavy atom. The lowest BCUT2D eigenvalue weighted by Crippen LogP contribution is -1.93. The second-order valence-corrected chi connectivity index (χ2v) is 6.50. The molecule has 0 aliphatic rings. The molecule has 0 aliphatic heterocycles. The van der Waals surface area contributed by atoms with Crippen LogP contribution in [0.3, 0.4) is 0 Å². The Balaban J connectivity index is 1.88. The van der Waals surface area contributed by atoms with E-state index in [0.717, 1.165) is 39.2 Å². The maximum absolute atomic E-state index is 5.04. The smallest absolute Gasteiger partial charge is 0.165 e. The Morgan fingerprint density at radius 1 is 0.731 bits per heavy atom. The SMILES string of the molecule is Cc1ccn2c(c1)nc1cc(-c3ccccc3)c(-c3ccccc3)nc12. The first-order chi connectivity index (χ1) is 12.8. The maximum atomic E-state index is 5.04. The zero-order valence-electron chi connectivity index (χ0n) is 14.4. The second-order valence-electron chi connectivity index (χ2n) is 6.50. The minimum atomic E-state index is 0.888. The molecule has 26 heavy (non-hydrogen) atoms. The van der Waals surface area contributed by atoms with Gasteiger partial charge in [0.25, 0.3) is 0 Å². The van der Waals surface area contributed by atoms with E-state index in [4.69, 9.17) is 9.97 Å². The molecule has 0 radical (unpaired) electrons. The molecule has 0 atom stereocenters. The van der Waals surface area contributed by atoms with Crippen LogP contribution < -0.4 is 0 Å². The second kappa shape index (κ2) is 5.81. The summed E-state index contributed by atoms with van der Waals surface area (Å²) in [5, 5.41) is 0. The Labute approximate surface area is 151 Å². The molecule has 3 aromatic heterocycles. The molecule has 0 N–H and O–H groups in total. The third-order valence-corrected chi connectivity index (χ3v) is 4.67. The lowest BCUT2D eigenvalue weighted by Gasteiger charge is -2.10. The topological polar surface area (TPSA) is 30.2 Å². The number of aryl methyl sites for hydroxylation is 1. The van der Waals surface area contributed by atoms with Crippen molar-refractivity contribution in [2.75, 3.05) is 0 Å². The number of fused-ring (bicyclic) bond motifs is 3. The van der Waals surface area contributed by atoms with Crippen LogP contribution in [0.15, 0.2) is 85.1 Å². The van der Waals surface area contributed by atoms with Crippen LogP contribution in [0.2, 0.25) is 0 Å². The first kappa shape index (κ1) is 14.8. The third kappa shape index (κ3) is 2.37. The lowest BCUT2D eigenvalue weighted by atomic mass is 9.99. The van der Waals surface area contributed by atoms with Crippen LogP contribution in [0.25, 0.3) is 39.2 Å². The summed E-state index contributed by atoms with van der Waals surface area (Å²) < 4.78 is 2.06. The van der Waals surface area contributed by atoms with Gasteiger partial charge in [-0.05, 0) is 36.2 Å². The standard InChI is InChI=1S/C23H17N3/c1-16-12-13-26-21(14-16)24-20-15-19(17-8-4-2-5-9-17)22(25-23(20)26)18-10-6-3-7-11-18/h2-15H,1H3. The van der Waals surface area contributed by atoms with Crippen LogP contribution in [-0.4, -0.2) is 14.4 Å². The number of benzene rings is 2. The predicted molar refractivity (Wildman–Crippen MR) is 106 cm³/mol. The highest BCUT2D eigenvalue weighted by atomic mass is 15.1. The Hall–Kier alpha value is -3.46. The number of aromatic nitrogens is 3. The van der Waals surface area contributed by atoms with Crippen molar-refractivity contribution < 1.29 is 0 Å². The van der Waals surface area contributed by atoms with E-state index in [1.807, 2.05) is 30.5 Å². The molecule has 0 spiro atoms. The quantitative estimate of drug-likeness (QED) is 0.425. The van der Waals surface area contributed by atoms with E-state index in [-0.39, 0.29) is 0 Å². The molecule has 3 nitrogen and oxygen atoms in total. The van der Waals surface area contributed by atoms with Crippen LogP contribution in [0.5, 0.6) is 0 Å². The van der Waals surface area contributed by atoms with E-state index in [1.165, 1.54) is 5.56 Å². The summed E-state index contributed by atoms with van der Waals surface area (Å²) in [6.07, 6.45) is 2.05. The average Bonchev–Trinajstić information content (AvgIpc) is 3.04. The summed E-state index contributed by atoms with van der Waals surface area (Å²) in [4.78, 5) is 9.84. The maximum Gasteiger partial charge on any atom is 0.165 e. The van der Waals surface area contributed by atoms with E-state index < -0.39 is 0 Å². The fourth-order valence-electron chi connectivity index (χ4n) is 3.38. The van der Waals surface area contributed by atoms with Gasteiger partial charge in [-0.2, -0.15) is 0 Å². The summed E-state index contributed by atoms with van der Waals surface area (Å²) in [6.45, 7) is 2.08. The van der Waals surface area contributed by atoms with Crippen LogP contribution >= 0.6 is 0 Å². The summed E-state index contributed by atoms with van der Waals surface area (Å²) >= 11 is 0. The van der Waals surface area contributed by atoms with Crippen LogP contribution in [0.4, 0.5) is 0 Å². The number of hydrogen-bond acceptors (Lipinski definition) is 2. The summed E-state index contributed by atoms with van der Waals surface area (Å²) in [5.41, 5.74) is 8.25. The zero-order valence-corrected chi connectivity index (χ0v) is 14.4. The number of imidazole rings is 1. The third-order valence-electron chi connectivity index (χ3n) is 4.67. The molecular formula is C23H17N3. The molecule has 0 fully saturated rings. The molecule has 3 heteroatoms. The molecule has 124 valence electrons. The fraction of sp³-hybridized carbons (Fsp3) is 0.0435. The van der Waals surface area contributed by atoms with Crippen molar-refractivity contribution >= 4 is 16.8 Å². The van der Waals surface area contributed by atoms with Gasteiger partial charge in [0.1, 0.15) is 11.2 Å². The van der Waals surface area contributed by atoms with Gasteiger partial charge in [-0.1, -0.05) is 60.7 Å². The highest BCUT2D eigenvalue weighted by molar-refractivity contribution is 5.90. The largest absolute Gasteiger partial charge is 0.284 e. The predicted octanol–water partition coefficient (Wildman–Crippen LogP) is 5.52. The Kier molecular flexibility index (Phi) is 3.32. The van der Waals surface area contributed by atoms with Crippen molar-refractivity contribution in [2.45, 2.75) is 6.92 Å². The monoisotopic (exact) mass is 335 g/mol. The van der Waals surface area contributed by atoms with Crippen molar-refractivity contribution in [3.63, 3.8) is 0 Å².